The standard InChI is InChI=1S/C14H21N5OS/c1-8-12(13(15)21)14(18(2)17-8)19-6-5-10-9(7-19)3-4-11(20)16-10/h9-10H,3-7H2,1-2H3,(H2,15,21)(H,16,20). The number of carbonyl (C=O) groups excluding carboxylic acids is 1. The molecule has 0 aromatic carbocycles. The molecule has 2 unspecified atom stereocenters. The van der Waals surface area contributed by atoms with E-state index < -0.39 is 0 Å². The Hall–Kier alpha value is -1.63. The first-order valence-electron chi connectivity index (χ1n) is 7.35. The Bertz CT molecular complexity index is 596. The quantitative estimate of drug-likeness (QED) is 0.777. The van der Waals surface area contributed by atoms with Crippen LogP contribution in [0, 0.1) is 12.8 Å². The largest absolute Gasteiger partial charge is 0.389 e. The summed E-state index contributed by atoms with van der Waals surface area (Å²) in [6.07, 6.45) is 2.53. The van der Waals surface area contributed by atoms with Crippen molar-refractivity contribution < 1.29 is 4.79 Å². The van der Waals surface area contributed by atoms with Crippen molar-refractivity contribution in [2.24, 2.45) is 18.7 Å². The van der Waals surface area contributed by atoms with Crippen LogP contribution in [0.5, 0.6) is 0 Å². The zero-order chi connectivity index (χ0) is 15.1. The van der Waals surface area contributed by atoms with E-state index in [0.717, 1.165) is 43.0 Å². The monoisotopic (exact) mass is 307 g/mol. The average molecular weight is 307 g/mol. The Morgan fingerprint density at radius 2 is 2.24 bits per heavy atom. The molecule has 0 saturated carbocycles. The predicted octanol–water partition coefficient (Wildman–Crippen LogP) is 0.468. The summed E-state index contributed by atoms with van der Waals surface area (Å²) in [5.41, 5.74) is 7.63. The molecule has 6 nitrogen and oxygen atoms in total. The Balaban J connectivity index is 1.86. The van der Waals surface area contributed by atoms with Gasteiger partial charge in [-0.3, -0.25) is 9.48 Å². The molecule has 1 amide bonds. The molecule has 114 valence electrons. The third-order valence-corrected chi connectivity index (χ3v) is 4.76. The number of anilines is 1. The van der Waals surface area contributed by atoms with Gasteiger partial charge in [0, 0.05) is 32.6 Å². The minimum atomic E-state index is 0.185. The molecule has 2 aliphatic rings. The van der Waals surface area contributed by atoms with Crippen LogP contribution in [-0.4, -0.2) is 39.8 Å². The van der Waals surface area contributed by atoms with Crippen molar-refractivity contribution in [1.29, 1.82) is 0 Å². The molecule has 3 rings (SSSR count). The highest BCUT2D eigenvalue weighted by atomic mass is 32.1. The molecule has 2 saturated heterocycles. The van der Waals surface area contributed by atoms with Crippen LogP contribution in [0.25, 0.3) is 0 Å². The highest BCUT2D eigenvalue weighted by molar-refractivity contribution is 7.80. The van der Waals surface area contributed by atoms with E-state index in [0.29, 0.717) is 23.4 Å². The van der Waals surface area contributed by atoms with Crippen molar-refractivity contribution in [2.75, 3.05) is 18.0 Å². The summed E-state index contributed by atoms with van der Waals surface area (Å²) in [4.78, 5) is 14.2. The highest BCUT2D eigenvalue weighted by Crippen LogP contribution is 2.31. The summed E-state index contributed by atoms with van der Waals surface area (Å²) in [5, 5.41) is 7.57. The molecule has 7 heteroatoms. The van der Waals surface area contributed by atoms with Gasteiger partial charge >= 0.3 is 0 Å². The SMILES string of the molecule is Cc1nn(C)c(N2CCC3NC(=O)CCC3C2)c1C(N)=S. The van der Waals surface area contributed by atoms with Gasteiger partial charge in [0.15, 0.2) is 0 Å². The molecule has 3 N–H and O–H groups in total. The number of aromatic nitrogens is 2. The molecule has 1 aromatic rings. The molecule has 0 spiro atoms. The lowest BCUT2D eigenvalue weighted by Crippen LogP contribution is -2.54. The van der Waals surface area contributed by atoms with Crippen LogP contribution in [-0.2, 0) is 11.8 Å². The van der Waals surface area contributed by atoms with Crippen molar-refractivity contribution in [2.45, 2.75) is 32.2 Å². The van der Waals surface area contributed by atoms with E-state index in [1.54, 1.807) is 0 Å². The van der Waals surface area contributed by atoms with Gasteiger partial charge in [0.05, 0.1) is 11.3 Å². The van der Waals surface area contributed by atoms with Gasteiger partial charge in [0.2, 0.25) is 5.91 Å². The molecule has 0 bridgehead atoms. The number of nitrogens with one attached hydrogen (secondary N) is 1. The van der Waals surface area contributed by atoms with Crippen molar-refractivity contribution in [3.05, 3.63) is 11.3 Å². The summed E-state index contributed by atoms with van der Waals surface area (Å²) in [6, 6.07) is 0.310. The van der Waals surface area contributed by atoms with E-state index in [1.165, 1.54) is 0 Å². The van der Waals surface area contributed by atoms with E-state index in [-0.39, 0.29) is 5.91 Å². The van der Waals surface area contributed by atoms with Gasteiger partial charge in [0.1, 0.15) is 10.8 Å². The van der Waals surface area contributed by atoms with Crippen molar-refractivity contribution in [3.63, 3.8) is 0 Å². The highest BCUT2D eigenvalue weighted by Gasteiger charge is 2.35. The number of fused-ring (bicyclic) bond motifs is 1. The third-order valence-electron chi connectivity index (χ3n) is 4.56. The van der Waals surface area contributed by atoms with E-state index in [1.807, 2.05) is 18.7 Å². The second kappa shape index (κ2) is 5.29. The maximum atomic E-state index is 11.5. The number of nitrogens with zero attached hydrogens (tertiary/aromatic N) is 3. The molecule has 2 fully saturated rings. The lowest BCUT2D eigenvalue weighted by atomic mass is 9.85. The number of amides is 1. The van der Waals surface area contributed by atoms with E-state index in [2.05, 4.69) is 15.3 Å². The van der Waals surface area contributed by atoms with Gasteiger partial charge in [-0.15, -0.1) is 0 Å². The number of nitrogens with two attached hydrogens (primary N) is 1. The van der Waals surface area contributed by atoms with Gasteiger partial charge in [-0.05, 0) is 25.7 Å². The van der Waals surface area contributed by atoms with Crippen LogP contribution in [0.15, 0.2) is 0 Å². The van der Waals surface area contributed by atoms with Gasteiger partial charge in [-0.25, -0.2) is 0 Å². The first-order chi connectivity index (χ1) is 9.97. The van der Waals surface area contributed by atoms with E-state index in [9.17, 15) is 4.79 Å². The van der Waals surface area contributed by atoms with Gasteiger partial charge in [-0.2, -0.15) is 5.10 Å². The van der Waals surface area contributed by atoms with Crippen LogP contribution in [0.1, 0.15) is 30.5 Å². The Morgan fingerprint density at radius 3 is 2.95 bits per heavy atom. The molecule has 21 heavy (non-hydrogen) atoms. The first kappa shape index (κ1) is 14.3. The predicted molar refractivity (Wildman–Crippen MR) is 85.3 cm³/mol. The maximum Gasteiger partial charge on any atom is 0.220 e. The molecule has 0 aliphatic carbocycles. The second-order valence-electron chi connectivity index (χ2n) is 5.98. The summed E-state index contributed by atoms with van der Waals surface area (Å²) < 4.78 is 1.87. The minimum absolute atomic E-state index is 0.185. The van der Waals surface area contributed by atoms with Gasteiger partial charge in [-0.1, -0.05) is 12.2 Å². The van der Waals surface area contributed by atoms with Crippen molar-refractivity contribution in [3.8, 4) is 0 Å². The molecular weight excluding hydrogens is 286 g/mol. The number of rotatable bonds is 2. The number of hydrogen-bond acceptors (Lipinski definition) is 4. The Kier molecular flexibility index (Phi) is 3.61. The lowest BCUT2D eigenvalue weighted by Gasteiger charge is -2.42. The molecule has 2 aliphatic heterocycles. The first-order valence-corrected chi connectivity index (χ1v) is 7.76. The summed E-state index contributed by atoms with van der Waals surface area (Å²) in [5.74, 6) is 1.69. The third kappa shape index (κ3) is 2.50. The molecule has 0 radical (unpaired) electrons. The minimum Gasteiger partial charge on any atom is -0.389 e. The number of carbonyl (C=O) groups is 1. The summed E-state index contributed by atoms with van der Waals surface area (Å²) in [7, 11) is 1.93. The maximum absolute atomic E-state index is 11.5. The van der Waals surface area contributed by atoms with Crippen LogP contribution in [0.3, 0.4) is 0 Å². The smallest absolute Gasteiger partial charge is 0.220 e. The van der Waals surface area contributed by atoms with E-state index in [4.69, 9.17) is 18.0 Å². The van der Waals surface area contributed by atoms with Crippen molar-refractivity contribution >= 4 is 28.9 Å². The molecular formula is C14H21N5OS. The zero-order valence-corrected chi connectivity index (χ0v) is 13.2. The molecule has 1 aromatic heterocycles. The summed E-state index contributed by atoms with van der Waals surface area (Å²) in [6.45, 7) is 3.74. The topological polar surface area (TPSA) is 76.2 Å². The number of thiocarbonyl (C=S) groups is 1. The summed E-state index contributed by atoms with van der Waals surface area (Å²) >= 11 is 5.19. The lowest BCUT2D eigenvalue weighted by molar-refractivity contribution is -0.124. The Morgan fingerprint density at radius 1 is 1.48 bits per heavy atom. The second-order valence-corrected chi connectivity index (χ2v) is 6.42. The fraction of sp³-hybridized carbons (Fsp3) is 0.643. The van der Waals surface area contributed by atoms with Gasteiger partial charge in [0.25, 0.3) is 0 Å². The number of hydrogen-bond donors (Lipinski definition) is 2. The van der Waals surface area contributed by atoms with Crippen LogP contribution < -0.4 is 16.0 Å². The van der Waals surface area contributed by atoms with Crippen molar-refractivity contribution in [1.82, 2.24) is 15.1 Å². The van der Waals surface area contributed by atoms with E-state index >= 15 is 0 Å². The molecule has 3 heterocycles. The number of aryl methyl sites for hydroxylation is 2. The molecule has 2 atom stereocenters. The van der Waals surface area contributed by atoms with Crippen LogP contribution in [0.2, 0.25) is 0 Å². The zero-order valence-electron chi connectivity index (χ0n) is 12.4. The fourth-order valence-corrected chi connectivity index (χ4v) is 3.84. The average Bonchev–Trinajstić information content (AvgIpc) is 2.73. The van der Waals surface area contributed by atoms with Crippen LogP contribution >= 0.6 is 12.2 Å². The Labute approximate surface area is 129 Å². The normalized spacial score (nSPS) is 25.4. The van der Waals surface area contributed by atoms with Gasteiger partial charge < -0.3 is 16.0 Å². The number of piperidine rings is 2. The fourth-order valence-electron chi connectivity index (χ4n) is 3.60. The van der Waals surface area contributed by atoms with Crippen LogP contribution in [0.4, 0.5) is 5.82 Å².